The molecule has 31 heavy (non-hydrogen) atoms. The average Bonchev–Trinajstić information content (AvgIpc) is 3.28. The van der Waals surface area contributed by atoms with Gasteiger partial charge in [0.05, 0.1) is 11.9 Å². The Balaban J connectivity index is 1.37. The predicted octanol–water partition coefficient (Wildman–Crippen LogP) is 3.36. The second-order valence-electron chi connectivity index (χ2n) is 8.68. The highest BCUT2D eigenvalue weighted by Gasteiger charge is 2.25. The number of aromatic nitrogens is 5. The molecule has 0 amide bonds. The third kappa shape index (κ3) is 3.98. The zero-order chi connectivity index (χ0) is 21.4. The molecule has 2 aliphatic rings. The summed E-state index contributed by atoms with van der Waals surface area (Å²) in [5, 5.41) is 0.964. The molecule has 4 heterocycles. The summed E-state index contributed by atoms with van der Waals surface area (Å²) in [5.41, 5.74) is 2.61. The molecule has 162 valence electrons. The molecule has 0 atom stereocenters. The molecule has 0 bridgehead atoms. The highest BCUT2D eigenvalue weighted by Crippen LogP contribution is 2.31. The van der Waals surface area contributed by atoms with Crippen LogP contribution in [0.2, 0.25) is 0 Å². The minimum Gasteiger partial charge on any atom is -0.473 e. The lowest BCUT2D eigenvalue weighted by Gasteiger charge is -2.32. The summed E-state index contributed by atoms with van der Waals surface area (Å²) >= 11 is 0. The molecule has 8 nitrogen and oxygen atoms in total. The minimum atomic E-state index is 0.0490. The molecule has 0 aromatic carbocycles. The van der Waals surface area contributed by atoms with Crippen LogP contribution in [-0.2, 0) is 0 Å². The summed E-state index contributed by atoms with van der Waals surface area (Å²) < 4.78 is 7.93. The highest BCUT2D eigenvalue weighted by molar-refractivity contribution is 5.79. The lowest BCUT2D eigenvalue weighted by atomic mass is 10.1. The Labute approximate surface area is 181 Å². The van der Waals surface area contributed by atoms with Crippen molar-refractivity contribution in [1.29, 1.82) is 0 Å². The molecular weight excluding hydrogens is 392 g/mol. The fraction of sp³-hybridized carbons (Fsp3) is 0.522. The van der Waals surface area contributed by atoms with E-state index in [2.05, 4.69) is 19.9 Å². The largest absolute Gasteiger partial charge is 0.473 e. The number of rotatable bonds is 4. The maximum atomic E-state index is 12.8. The number of aryl methyl sites for hydroxylation is 2. The Bertz CT molecular complexity index is 1150. The Kier molecular flexibility index (Phi) is 5.29. The fourth-order valence-electron chi connectivity index (χ4n) is 4.77. The van der Waals surface area contributed by atoms with Crippen molar-refractivity contribution >= 4 is 17.0 Å². The number of hydrogen-bond donors (Lipinski definition) is 0. The second kappa shape index (κ2) is 8.24. The maximum Gasteiger partial charge on any atom is 0.252 e. The summed E-state index contributed by atoms with van der Waals surface area (Å²) in [6.45, 7) is 5.47. The molecular formula is C23H28N6O2. The van der Waals surface area contributed by atoms with E-state index < -0.39 is 0 Å². The van der Waals surface area contributed by atoms with Crippen LogP contribution >= 0.6 is 0 Å². The monoisotopic (exact) mass is 420 g/mol. The summed E-state index contributed by atoms with van der Waals surface area (Å²) in [6.07, 6.45) is 11.5. The van der Waals surface area contributed by atoms with E-state index in [4.69, 9.17) is 9.72 Å². The van der Waals surface area contributed by atoms with Gasteiger partial charge in [0.1, 0.15) is 11.8 Å². The van der Waals surface area contributed by atoms with Crippen LogP contribution in [0.15, 0.2) is 29.5 Å². The van der Waals surface area contributed by atoms with E-state index in [1.165, 1.54) is 12.8 Å². The van der Waals surface area contributed by atoms with Gasteiger partial charge in [0, 0.05) is 55.8 Å². The van der Waals surface area contributed by atoms with Crippen molar-refractivity contribution < 1.29 is 4.74 Å². The second-order valence-corrected chi connectivity index (χ2v) is 8.68. The van der Waals surface area contributed by atoms with Crippen LogP contribution in [-0.4, -0.2) is 43.7 Å². The highest BCUT2D eigenvalue weighted by atomic mass is 16.5. The van der Waals surface area contributed by atoms with E-state index in [1.54, 1.807) is 18.5 Å². The molecule has 8 heteroatoms. The van der Waals surface area contributed by atoms with Crippen LogP contribution in [0.1, 0.15) is 55.8 Å². The lowest BCUT2D eigenvalue weighted by molar-refractivity contribution is 0.162. The van der Waals surface area contributed by atoms with Gasteiger partial charge < -0.3 is 9.64 Å². The molecule has 1 aliphatic heterocycles. The fourth-order valence-corrected chi connectivity index (χ4v) is 4.77. The summed E-state index contributed by atoms with van der Waals surface area (Å²) in [5.74, 6) is 1.27. The van der Waals surface area contributed by atoms with E-state index in [-0.39, 0.29) is 17.7 Å². The van der Waals surface area contributed by atoms with Crippen LogP contribution in [0.3, 0.4) is 0 Å². The number of anilines is 1. The first-order valence-corrected chi connectivity index (χ1v) is 11.2. The molecule has 0 spiro atoms. The van der Waals surface area contributed by atoms with E-state index in [0.717, 1.165) is 61.1 Å². The van der Waals surface area contributed by atoms with Gasteiger partial charge in [-0.2, -0.15) is 4.98 Å². The molecule has 5 rings (SSSR count). The Morgan fingerprint density at radius 1 is 1.00 bits per heavy atom. The summed E-state index contributed by atoms with van der Waals surface area (Å²) in [7, 11) is 0. The number of nitrogens with zero attached hydrogens (tertiary/aromatic N) is 6. The quantitative estimate of drug-likeness (QED) is 0.640. The van der Waals surface area contributed by atoms with Crippen LogP contribution < -0.4 is 15.2 Å². The molecule has 0 N–H and O–H groups in total. The number of piperidine rings is 1. The smallest absolute Gasteiger partial charge is 0.252 e. The molecule has 1 saturated heterocycles. The van der Waals surface area contributed by atoms with Crippen molar-refractivity contribution in [3.8, 4) is 5.88 Å². The molecule has 2 fully saturated rings. The first-order valence-electron chi connectivity index (χ1n) is 11.2. The van der Waals surface area contributed by atoms with Crippen molar-refractivity contribution in [2.24, 2.45) is 0 Å². The number of ether oxygens (including phenoxy) is 1. The number of hydrogen-bond acceptors (Lipinski definition) is 7. The first-order chi connectivity index (χ1) is 15.1. The third-order valence-corrected chi connectivity index (χ3v) is 6.42. The average molecular weight is 421 g/mol. The van der Waals surface area contributed by atoms with E-state index >= 15 is 0 Å². The van der Waals surface area contributed by atoms with Crippen LogP contribution in [0, 0.1) is 13.8 Å². The first kappa shape index (κ1) is 19.9. The number of pyridine rings is 1. The maximum absolute atomic E-state index is 12.8. The van der Waals surface area contributed by atoms with Crippen molar-refractivity contribution in [2.75, 3.05) is 18.0 Å². The van der Waals surface area contributed by atoms with Crippen molar-refractivity contribution in [3.63, 3.8) is 0 Å². The van der Waals surface area contributed by atoms with Gasteiger partial charge in [-0.3, -0.25) is 14.3 Å². The van der Waals surface area contributed by atoms with E-state index in [1.807, 2.05) is 24.6 Å². The molecule has 0 unspecified atom stereocenters. The van der Waals surface area contributed by atoms with E-state index in [9.17, 15) is 4.79 Å². The predicted molar refractivity (Wildman–Crippen MR) is 119 cm³/mol. The van der Waals surface area contributed by atoms with Gasteiger partial charge in [0.25, 0.3) is 5.56 Å². The van der Waals surface area contributed by atoms with Gasteiger partial charge in [-0.1, -0.05) is 12.8 Å². The Hall–Kier alpha value is -3.03. The summed E-state index contributed by atoms with van der Waals surface area (Å²) in [6, 6.07) is 1.97. The Morgan fingerprint density at radius 2 is 1.77 bits per heavy atom. The zero-order valence-corrected chi connectivity index (χ0v) is 18.1. The summed E-state index contributed by atoms with van der Waals surface area (Å²) in [4.78, 5) is 33.1. The van der Waals surface area contributed by atoms with Crippen molar-refractivity contribution in [2.45, 2.75) is 64.5 Å². The molecule has 1 aliphatic carbocycles. The molecule has 1 saturated carbocycles. The van der Waals surface area contributed by atoms with Gasteiger partial charge in [0.15, 0.2) is 0 Å². The van der Waals surface area contributed by atoms with Crippen molar-refractivity contribution in [3.05, 3.63) is 46.3 Å². The topological polar surface area (TPSA) is 86.0 Å². The van der Waals surface area contributed by atoms with Gasteiger partial charge in [-0.15, -0.1) is 0 Å². The number of fused-ring (bicyclic) bond motifs is 1. The van der Waals surface area contributed by atoms with Crippen LogP contribution in [0.4, 0.5) is 5.95 Å². The lowest BCUT2D eigenvalue weighted by Crippen LogP contribution is -2.39. The SMILES string of the molecule is Cc1cncc(OC2CCN(c3ncc4c(C)cc(=O)n(C5CCCC5)c4n3)CC2)n1. The Morgan fingerprint density at radius 3 is 2.52 bits per heavy atom. The van der Waals surface area contributed by atoms with Gasteiger partial charge in [-0.25, -0.2) is 9.97 Å². The van der Waals surface area contributed by atoms with Gasteiger partial charge >= 0.3 is 0 Å². The van der Waals surface area contributed by atoms with Crippen LogP contribution in [0.5, 0.6) is 5.88 Å². The van der Waals surface area contributed by atoms with Gasteiger partial charge in [-0.05, 0) is 32.3 Å². The normalized spacial score (nSPS) is 18.1. The van der Waals surface area contributed by atoms with E-state index in [0.29, 0.717) is 11.8 Å². The van der Waals surface area contributed by atoms with Gasteiger partial charge in [0.2, 0.25) is 11.8 Å². The molecule has 0 radical (unpaired) electrons. The minimum absolute atomic E-state index is 0.0490. The van der Waals surface area contributed by atoms with Crippen LogP contribution in [0.25, 0.3) is 11.0 Å². The molecule has 3 aromatic rings. The third-order valence-electron chi connectivity index (χ3n) is 6.42. The zero-order valence-electron chi connectivity index (χ0n) is 18.1. The standard InChI is InChI=1S/C23H28N6O2/c1-15-11-21(30)29(17-5-3-4-6-17)22-19(15)13-25-23(27-22)28-9-7-18(8-10-28)31-20-14-24-12-16(2)26-20/h11-14,17-18H,3-10H2,1-2H3. The van der Waals surface area contributed by atoms with Crippen molar-refractivity contribution in [1.82, 2.24) is 24.5 Å². The molecule has 3 aromatic heterocycles.